The minimum Gasteiger partial charge on any atom is -0.319 e. The zero-order chi connectivity index (χ0) is 9.83. The summed E-state index contributed by atoms with van der Waals surface area (Å²) in [5.41, 5.74) is 0.527. The van der Waals surface area contributed by atoms with Crippen molar-refractivity contribution in [3.05, 3.63) is 0 Å². The van der Waals surface area contributed by atoms with Crippen molar-refractivity contribution in [2.45, 2.75) is 46.0 Å². The van der Waals surface area contributed by atoms with E-state index in [9.17, 15) is 0 Å². The monoisotopic (exact) mass is 187 g/mol. The van der Waals surface area contributed by atoms with Crippen LogP contribution in [0.3, 0.4) is 0 Å². The first-order chi connectivity index (χ1) is 5.33. The second-order valence-corrected chi connectivity index (χ2v) is 10.9. The zero-order valence-electron chi connectivity index (χ0n) is 9.62. The van der Waals surface area contributed by atoms with Gasteiger partial charge in [0.2, 0.25) is 0 Å². The largest absolute Gasteiger partial charge is 0.319 e. The molecule has 0 spiro atoms. The van der Waals surface area contributed by atoms with Gasteiger partial charge in [0, 0.05) is 8.07 Å². The van der Waals surface area contributed by atoms with Crippen molar-refractivity contribution in [3.8, 4) is 0 Å². The third kappa shape index (κ3) is 4.94. The highest BCUT2D eigenvalue weighted by molar-refractivity contribution is 6.76. The fraction of sp³-hybridized carbons (Fsp3) is 1.00. The van der Waals surface area contributed by atoms with Gasteiger partial charge >= 0.3 is 0 Å². The van der Waals surface area contributed by atoms with Crippen LogP contribution in [0.25, 0.3) is 0 Å². The molecule has 0 aromatic rings. The molecule has 1 unspecified atom stereocenters. The maximum atomic E-state index is 3.30. The molecule has 1 N–H and O–H groups in total. The van der Waals surface area contributed by atoms with Crippen LogP contribution in [0.5, 0.6) is 0 Å². The normalized spacial score (nSPS) is 17.5. The second-order valence-electron chi connectivity index (χ2n) is 5.43. The Morgan fingerprint density at radius 2 is 1.75 bits per heavy atom. The van der Waals surface area contributed by atoms with Gasteiger partial charge in [-0.3, -0.25) is 0 Å². The van der Waals surface area contributed by atoms with Gasteiger partial charge in [-0.25, -0.2) is 0 Å². The molecule has 0 amide bonds. The van der Waals surface area contributed by atoms with Gasteiger partial charge in [0.25, 0.3) is 0 Å². The molecule has 2 heteroatoms. The minimum absolute atomic E-state index is 0.527. The van der Waals surface area contributed by atoms with Gasteiger partial charge in [-0.15, -0.1) is 0 Å². The Morgan fingerprint density at radius 3 is 2.00 bits per heavy atom. The lowest BCUT2D eigenvalue weighted by Crippen LogP contribution is -2.36. The Bertz CT molecular complexity index is 128. The van der Waals surface area contributed by atoms with Crippen LogP contribution in [-0.4, -0.2) is 21.7 Å². The summed E-state index contributed by atoms with van der Waals surface area (Å²) in [6, 6.07) is 1.43. The van der Waals surface area contributed by atoms with Crippen molar-refractivity contribution in [3.63, 3.8) is 0 Å². The van der Waals surface area contributed by atoms with Crippen LogP contribution in [0.4, 0.5) is 0 Å². The van der Waals surface area contributed by atoms with E-state index in [2.05, 4.69) is 45.9 Å². The Hall–Kier alpha value is 0.177. The molecule has 0 aromatic carbocycles. The summed E-state index contributed by atoms with van der Waals surface area (Å²) in [5.74, 6) is 0. The summed E-state index contributed by atoms with van der Waals surface area (Å²) in [5, 5.41) is 3.30. The van der Waals surface area contributed by atoms with Gasteiger partial charge in [0.1, 0.15) is 0 Å². The first kappa shape index (κ1) is 12.2. The molecular formula is C10H25NSi. The molecule has 0 aliphatic rings. The predicted molar refractivity (Wildman–Crippen MR) is 60.5 cm³/mol. The van der Waals surface area contributed by atoms with Crippen LogP contribution in [0.15, 0.2) is 0 Å². The molecule has 0 aliphatic heterocycles. The van der Waals surface area contributed by atoms with E-state index in [0.29, 0.717) is 5.41 Å². The Labute approximate surface area is 79.0 Å². The van der Waals surface area contributed by atoms with Gasteiger partial charge in [-0.1, -0.05) is 39.5 Å². The van der Waals surface area contributed by atoms with Crippen LogP contribution in [0.2, 0.25) is 25.7 Å². The highest BCUT2D eigenvalue weighted by Crippen LogP contribution is 2.31. The van der Waals surface area contributed by atoms with Crippen LogP contribution >= 0.6 is 0 Å². The first-order valence-electron chi connectivity index (χ1n) is 4.97. The van der Waals surface area contributed by atoms with E-state index in [-0.39, 0.29) is 0 Å². The molecule has 12 heavy (non-hydrogen) atoms. The Kier molecular flexibility index (Phi) is 4.49. The smallest absolute Gasteiger partial charge is 0.0448 e. The molecule has 0 fully saturated rings. The maximum Gasteiger partial charge on any atom is 0.0448 e. The molecule has 0 aliphatic carbocycles. The van der Waals surface area contributed by atoms with Gasteiger partial charge in [0.05, 0.1) is 0 Å². The third-order valence-electron chi connectivity index (χ3n) is 2.41. The van der Waals surface area contributed by atoms with E-state index < -0.39 is 8.07 Å². The molecule has 0 heterocycles. The summed E-state index contributed by atoms with van der Waals surface area (Å²) in [6.07, 6.45) is 1.29. The summed E-state index contributed by atoms with van der Waals surface area (Å²) in [7, 11) is 1.16. The van der Waals surface area contributed by atoms with E-state index in [4.69, 9.17) is 0 Å². The van der Waals surface area contributed by atoms with E-state index in [1.165, 1.54) is 12.5 Å². The van der Waals surface area contributed by atoms with Crippen LogP contribution in [-0.2, 0) is 0 Å². The predicted octanol–water partition coefficient (Wildman–Crippen LogP) is 2.96. The molecule has 74 valence electrons. The maximum absolute atomic E-state index is 3.30. The summed E-state index contributed by atoms with van der Waals surface area (Å²) < 4.78 is 0. The van der Waals surface area contributed by atoms with Crippen molar-refractivity contribution >= 4 is 8.07 Å². The van der Waals surface area contributed by atoms with E-state index in [1.807, 2.05) is 0 Å². The highest BCUT2D eigenvalue weighted by Gasteiger charge is 2.28. The molecule has 1 atom stereocenters. The average molecular weight is 187 g/mol. The van der Waals surface area contributed by atoms with Gasteiger partial charge < -0.3 is 5.32 Å². The number of hydrogen-bond acceptors (Lipinski definition) is 1. The van der Waals surface area contributed by atoms with Crippen LogP contribution in [0.1, 0.15) is 20.3 Å². The van der Waals surface area contributed by atoms with Crippen LogP contribution < -0.4 is 5.32 Å². The number of nitrogens with one attached hydrogen (secondary N) is 1. The molecule has 0 bridgehead atoms. The summed E-state index contributed by atoms with van der Waals surface area (Å²) in [6.45, 7) is 13.2. The van der Waals surface area contributed by atoms with Crippen molar-refractivity contribution in [1.82, 2.24) is 5.32 Å². The fourth-order valence-corrected chi connectivity index (χ4v) is 4.96. The molecule has 0 saturated carbocycles. The second kappa shape index (κ2) is 4.42. The summed E-state index contributed by atoms with van der Waals surface area (Å²) in [4.78, 5) is 0. The Balaban J connectivity index is 4.14. The SMILES string of the molecule is CCC(C)(CNC)C[Si](C)(C)C. The molecule has 1 nitrogen and oxygen atoms in total. The van der Waals surface area contributed by atoms with E-state index in [0.717, 1.165) is 6.54 Å². The van der Waals surface area contributed by atoms with Crippen molar-refractivity contribution < 1.29 is 0 Å². The molecule has 0 saturated heterocycles. The number of rotatable bonds is 5. The van der Waals surface area contributed by atoms with Crippen molar-refractivity contribution in [2.75, 3.05) is 13.6 Å². The lowest BCUT2D eigenvalue weighted by atomic mass is 9.90. The molecule has 0 radical (unpaired) electrons. The van der Waals surface area contributed by atoms with Crippen molar-refractivity contribution in [2.24, 2.45) is 5.41 Å². The van der Waals surface area contributed by atoms with Gasteiger partial charge in [-0.05, 0) is 25.4 Å². The topological polar surface area (TPSA) is 12.0 Å². The molecular weight excluding hydrogens is 162 g/mol. The van der Waals surface area contributed by atoms with Gasteiger partial charge in [0.15, 0.2) is 0 Å². The quantitative estimate of drug-likeness (QED) is 0.653. The van der Waals surface area contributed by atoms with E-state index >= 15 is 0 Å². The lowest BCUT2D eigenvalue weighted by molar-refractivity contribution is 0.335. The molecule has 0 aromatic heterocycles. The zero-order valence-corrected chi connectivity index (χ0v) is 10.6. The third-order valence-corrected chi connectivity index (χ3v) is 4.33. The van der Waals surface area contributed by atoms with Crippen LogP contribution in [0, 0.1) is 5.41 Å². The van der Waals surface area contributed by atoms with E-state index in [1.54, 1.807) is 0 Å². The average Bonchev–Trinajstić information content (AvgIpc) is 1.84. The fourth-order valence-electron chi connectivity index (χ4n) is 2.02. The Morgan fingerprint density at radius 1 is 1.25 bits per heavy atom. The van der Waals surface area contributed by atoms with Gasteiger partial charge in [-0.2, -0.15) is 0 Å². The standard InChI is InChI=1S/C10H25NSi/c1-7-10(2,8-11-3)9-12(4,5)6/h11H,7-9H2,1-6H3. The minimum atomic E-state index is -0.891. The lowest BCUT2D eigenvalue weighted by Gasteiger charge is -2.33. The number of hydrogen-bond donors (Lipinski definition) is 1. The van der Waals surface area contributed by atoms with Crippen molar-refractivity contribution in [1.29, 1.82) is 0 Å². The highest BCUT2D eigenvalue weighted by atomic mass is 28.3. The first-order valence-corrected chi connectivity index (χ1v) is 8.68. The summed E-state index contributed by atoms with van der Waals surface area (Å²) >= 11 is 0. The molecule has 0 rings (SSSR count).